The number of urea groups is 1. The number of carbonyl (C=O) groups is 2. The van der Waals surface area contributed by atoms with E-state index in [2.05, 4.69) is 24.3 Å². The predicted molar refractivity (Wildman–Crippen MR) is 80.1 cm³/mol. The number of likely N-dealkylation sites (N-methyl/N-ethyl adjacent to an activating group) is 1. The monoisotopic (exact) mass is 297 g/mol. The van der Waals surface area contributed by atoms with Crippen molar-refractivity contribution in [3.63, 3.8) is 0 Å². The summed E-state index contributed by atoms with van der Waals surface area (Å²) >= 11 is 0. The van der Waals surface area contributed by atoms with E-state index in [1.54, 1.807) is 4.90 Å². The molecule has 0 spiro atoms. The maximum Gasteiger partial charge on any atom is 0.317 e. The number of hydrogen-bond donors (Lipinski definition) is 2. The maximum atomic E-state index is 12.3. The third kappa shape index (κ3) is 3.31. The largest absolute Gasteiger partial charge is 0.481 e. The molecule has 1 saturated heterocycles. The normalized spacial score (nSPS) is 28.1. The zero-order valence-electron chi connectivity index (χ0n) is 13.3. The van der Waals surface area contributed by atoms with E-state index in [1.165, 1.54) is 12.8 Å². The number of hydrogen-bond acceptors (Lipinski definition) is 3. The number of carboxylic acids is 1. The van der Waals surface area contributed by atoms with Gasteiger partial charge in [-0.3, -0.25) is 4.79 Å². The first-order valence-corrected chi connectivity index (χ1v) is 7.79. The molecule has 1 saturated carbocycles. The van der Waals surface area contributed by atoms with Crippen LogP contribution in [-0.4, -0.2) is 66.2 Å². The van der Waals surface area contributed by atoms with Crippen molar-refractivity contribution in [1.29, 1.82) is 0 Å². The van der Waals surface area contributed by atoms with Crippen LogP contribution in [0.1, 0.15) is 32.6 Å². The zero-order chi connectivity index (χ0) is 15.6. The summed E-state index contributed by atoms with van der Waals surface area (Å²) in [6.07, 6.45) is 4.62. The standard InChI is InChI=1S/C15H27N3O3/c1-11-8-18(9-12(11)13(19)20)14(21)16-10-15(17(2)3)6-4-5-7-15/h11-12H,4-10H2,1-3H3,(H,16,21)(H,19,20). The Morgan fingerprint density at radius 1 is 1.29 bits per heavy atom. The quantitative estimate of drug-likeness (QED) is 0.818. The summed E-state index contributed by atoms with van der Waals surface area (Å²) in [5.74, 6) is -1.23. The Balaban J connectivity index is 1.89. The van der Waals surface area contributed by atoms with Crippen molar-refractivity contribution in [2.24, 2.45) is 11.8 Å². The van der Waals surface area contributed by atoms with Crippen molar-refractivity contribution in [3.05, 3.63) is 0 Å². The molecule has 2 unspecified atom stereocenters. The van der Waals surface area contributed by atoms with Gasteiger partial charge in [0.1, 0.15) is 0 Å². The van der Waals surface area contributed by atoms with Crippen LogP contribution in [0, 0.1) is 11.8 Å². The molecule has 2 amide bonds. The van der Waals surface area contributed by atoms with E-state index in [1.807, 2.05) is 6.92 Å². The molecule has 0 aromatic rings. The van der Waals surface area contributed by atoms with E-state index in [-0.39, 0.29) is 17.5 Å². The first-order chi connectivity index (χ1) is 9.85. The van der Waals surface area contributed by atoms with Gasteiger partial charge in [-0.1, -0.05) is 19.8 Å². The Morgan fingerprint density at radius 2 is 1.90 bits per heavy atom. The summed E-state index contributed by atoms with van der Waals surface area (Å²) in [7, 11) is 4.13. The molecule has 1 aliphatic heterocycles. The Bertz CT molecular complexity index is 405. The smallest absolute Gasteiger partial charge is 0.317 e. The lowest BCUT2D eigenvalue weighted by Gasteiger charge is -2.37. The van der Waals surface area contributed by atoms with Crippen molar-refractivity contribution in [3.8, 4) is 0 Å². The number of amides is 2. The van der Waals surface area contributed by atoms with Gasteiger partial charge in [0.25, 0.3) is 0 Å². The molecule has 1 heterocycles. The minimum absolute atomic E-state index is 0.0162. The van der Waals surface area contributed by atoms with Gasteiger partial charge in [0.15, 0.2) is 0 Å². The van der Waals surface area contributed by atoms with Crippen LogP contribution in [0.15, 0.2) is 0 Å². The highest BCUT2D eigenvalue weighted by Gasteiger charge is 2.39. The van der Waals surface area contributed by atoms with Crippen LogP contribution >= 0.6 is 0 Å². The van der Waals surface area contributed by atoms with Crippen LogP contribution in [-0.2, 0) is 4.79 Å². The Kier molecular flexibility index (Phi) is 4.76. The number of carboxylic acid groups (broad SMARTS) is 1. The lowest BCUT2D eigenvalue weighted by molar-refractivity contribution is -0.142. The molecule has 21 heavy (non-hydrogen) atoms. The molecule has 2 rings (SSSR count). The third-order valence-corrected chi connectivity index (χ3v) is 5.27. The van der Waals surface area contributed by atoms with Gasteiger partial charge >= 0.3 is 12.0 Å². The fraction of sp³-hybridized carbons (Fsp3) is 0.867. The van der Waals surface area contributed by atoms with Crippen molar-refractivity contribution < 1.29 is 14.7 Å². The molecule has 0 radical (unpaired) electrons. The molecule has 2 N–H and O–H groups in total. The minimum Gasteiger partial charge on any atom is -0.481 e. The van der Waals surface area contributed by atoms with E-state index < -0.39 is 11.9 Å². The van der Waals surface area contributed by atoms with E-state index in [4.69, 9.17) is 5.11 Å². The molecule has 2 aliphatic rings. The Morgan fingerprint density at radius 3 is 2.38 bits per heavy atom. The number of likely N-dealkylation sites (tertiary alicyclic amines) is 1. The molecule has 0 aromatic heterocycles. The topological polar surface area (TPSA) is 72.9 Å². The van der Waals surface area contributed by atoms with E-state index in [0.717, 1.165) is 12.8 Å². The molecule has 1 aliphatic carbocycles. The first kappa shape index (κ1) is 16.1. The fourth-order valence-electron chi connectivity index (χ4n) is 3.62. The van der Waals surface area contributed by atoms with Crippen LogP contribution in [0.25, 0.3) is 0 Å². The Hall–Kier alpha value is -1.30. The minimum atomic E-state index is -0.807. The van der Waals surface area contributed by atoms with Gasteiger partial charge in [0.05, 0.1) is 5.92 Å². The third-order valence-electron chi connectivity index (χ3n) is 5.27. The summed E-state index contributed by atoms with van der Waals surface area (Å²) in [5, 5.41) is 12.2. The van der Waals surface area contributed by atoms with Gasteiger partial charge in [-0.25, -0.2) is 4.79 Å². The van der Waals surface area contributed by atoms with Crippen LogP contribution < -0.4 is 5.32 Å². The van der Waals surface area contributed by atoms with Gasteiger partial charge in [-0.15, -0.1) is 0 Å². The van der Waals surface area contributed by atoms with Crippen molar-refractivity contribution in [2.75, 3.05) is 33.7 Å². The van der Waals surface area contributed by atoms with Gasteiger partial charge in [0.2, 0.25) is 0 Å². The van der Waals surface area contributed by atoms with Crippen LogP contribution in [0.3, 0.4) is 0 Å². The lowest BCUT2D eigenvalue weighted by atomic mass is 9.96. The van der Waals surface area contributed by atoms with Crippen LogP contribution in [0.2, 0.25) is 0 Å². The molecule has 0 bridgehead atoms. The van der Waals surface area contributed by atoms with E-state index >= 15 is 0 Å². The summed E-state index contributed by atoms with van der Waals surface area (Å²) in [6.45, 7) is 3.38. The van der Waals surface area contributed by atoms with Crippen LogP contribution in [0.5, 0.6) is 0 Å². The second-order valence-corrected chi connectivity index (χ2v) is 6.81. The van der Waals surface area contributed by atoms with Gasteiger partial charge in [-0.05, 0) is 32.9 Å². The van der Waals surface area contributed by atoms with Gasteiger partial charge in [0, 0.05) is 25.2 Å². The highest BCUT2D eigenvalue weighted by Crippen LogP contribution is 2.33. The molecule has 0 aromatic carbocycles. The average molecular weight is 297 g/mol. The second-order valence-electron chi connectivity index (χ2n) is 6.81. The predicted octanol–water partition coefficient (Wildman–Crippen LogP) is 1.22. The fourth-order valence-corrected chi connectivity index (χ4v) is 3.62. The van der Waals surface area contributed by atoms with Crippen LogP contribution in [0.4, 0.5) is 4.79 Å². The van der Waals surface area contributed by atoms with E-state index in [0.29, 0.717) is 19.6 Å². The molecule has 2 atom stereocenters. The summed E-state index contributed by atoms with van der Waals surface area (Å²) in [4.78, 5) is 27.3. The highest BCUT2D eigenvalue weighted by atomic mass is 16.4. The highest BCUT2D eigenvalue weighted by molar-refractivity contribution is 5.77. The second kappa shape index (κ2) is 6.22. The summed E-state index contributed by atoms with van der Waals surface area (Å²) in [5.41, 5.74) is 0.0627. The summed E-state index contributed by atoms with van der Waals surface area (Å²) in [6, 6.07) is -0.126. The number of nitrogens with zero attached hydrogens (tertiary/aromatic N) is 2. The SMILES string of the molecule is CC1CN(C(=O)NCC2(N(C)C)CCCC2)CC1C(=O)O. The number of carbonyl (C=O) groups excluding carboxylic acids is 1. The van der Waals surface area contributed by atoms with Gasteiger partial charge < -0.3 is 20.2 Å². The average Bonchev–Trinajstić information content (AvgIpc) is 3.03. The number of nitrogens with one attached hydrogen (secondary N) is 1. The van der Waals surface area contributed by atoms with Crippen molar-refractivity contribution >= 4 is 12.0 Å². The number of aliphatic carboxylic acids is 1. The molecular formula is C15H27N3O3. The summed E-state index contributed by atoms with van der Waals surface area (Å²) < 4.78 is 0. The maximum absolute atomic E-state index is 12.3. The molecular weight excluding hydrogens is 270 g/mol. The first-order valence-electron chi connectivity index (χ1n) is 7.79. The Labute approximate surface area is 126 Å². The molecule has 2 fully saturated rings. The van der Waals surface area contributed by atoms with Gasteiger partial charge in [-0.2, -0.15) is 0 Å². The van der Waals surface area contributed by atoms with Crippen molar-refractivity contribution in [2.45, 2.75) is 38.1 Å². The lowest BCUT2D eigenvalue weighted by Crippen LogP contribution is -2.53. The number of rotatable bonds is 4. The van der Waals surface area contributed by atoms with Crippen molar-refractivity contribution in [1.82, 2.24) is 15.1 Å². The van der Waals surface area contributed by atoms with E-state index in [9.17, 15) is 9.59 Å². The zero-order valence-corrected chi connectivity index (χ0v) is 13.3. The molecule has 6 nitrogen and oxygen atoms in total. The molecule has 6 heteroatoms. The molecule has 120 valence electrons.